The van der Waals surface area contributed by atoms with Crippen molar-refractivity contribution in [2.45, 2.75) is 22.1 Å². The number of benzene rings is 2. The Kier molecular flexibility index (Phi) is 9.31. The molecule has 2 aromatic carbocycles. The molecule has 0 bridgehead atoms. The van der Waals surface area contributed by atoms with E-state index in [9.17, 15) is 35.9 Å². The molecule has 216 valence electrons. The van der Waals surface area contributed by atoms with Crippen molar-refractivity contribution in [1.29, 1.82) is 0 Å². The topological polar surface area (TPSA) is 71.1 Å². The number of ether oxygens (including phenoxy) is 2. The van der Waals surface area contributed by atoms with Crippen molar-refractivity contribution in [3.63, 3.8) is 0 Å². The minimum atomic E-state index is -5.36. The van der Waals surface area contributed by atoms with Gasteiger partial charge in [-0.1, -0.05) is 23.9 Å². The summed E-state index contributed by atoms with van der Waals surface area (Å²) in [5, 5.41) is 2.64. The molecule has 2 aromatic rings. The summed E-state index contributed by atoms with van der Waals surface area (Å²) >= 11 is 0.486. The van der Waals surface area contributed by atoms with Crippen molar-refractivity contribution in [2.24, 2.45) is 0 Å². The average molecular weight is 590 g/mol. The van der Waals surface area contributed by atoms with E-state index in [1.165, 1.54) is 34.1 Å². The molecule has 0 aromatic heterocycles. The Bertz CT molecular complexity index is 1260. The Labute approximate surface area is 230 Å². The lowest BCUT2D eigenvalue weighted by Gasteiger charge is -2.27. The van der Waals surface area contributed by atoms with E-state index >= 15 is 0 Å². The van der Waals surface area contributed by atoms with Crippen LogP contribution in [0.2, 0.25) is 0 Å². The number of hydrogen-bond acceptors (Lipinski definition) is 5. The van der Waals surface area contributed by atoms with E-state index in [0.717, 1.165) is 24.3 Å². The molecule has 0 spiro atoms. The molecule has 2 aliphatic heterocycles. The second kappa shape index (κ2) is 12.5. The first kappa shape index (κ1) is 29.7. The van der Waals surface area contributed by atoms with Crippen molar-refractivity contribution < 1.29 is 45.4 Å². The number of hydrogen-bond donors (Lipinski definition) is 1. The van der Waals surface area contributed by atoms with E-state index in [0.29, 0.717) is 38.1 Å². The summed E-state index contributed by atoms with van der Waals surface area (Å²) in [6, 6.07) is 7.23. The fourth-order valence-electron chi connectivity index (χ4n) is 4.19. The summed E-state index contributed by atoms with van der Waals surface area (Å²) in [5.74, 6) is -0.626. The van der Waals surface area contributed by atoms with Gasteiger partial charge in [0, 0.05) is 47.7 Å². The van der Waals surface area contributed by atoms with Gasteiger partial charge in [-0.05, 0) is 35.9 Å². The molecule has 1 N–H and O–H groups in total. The number of anilines is 1. The first-order valence-corrected chi connectivity index (χ1v) is 13.0. The number of morpholine rings is 2. The van der Waals surface area contributed by atoms with E-state index < -0.39 is 45.9 Å². The Morgan fingerprint density at radius 3 is 2.02 bits per heavy atom. The van der Waals surface area contributed by atoms with Crippen molar-refractivity contribution in [3.8, 4) is 0 Å². The van der Waals surface area contributed by atoms with E-state index in [2.05, 4.69) is 5.32 Å². The summed E-state index contributed by atoms with van der Waals surface area (Å²) in [6.45, 7) is 2.46. The van der Waals surface area contributed by atoms with Gasteiger partial charge < -0.3 is 24.6 Å². The van der Waals surface area contributed by atoms with Crippen LogP contribution in [-0.2, 0) is 26.6 Å². The van der Waals surface area contributed by atoms with E-state index in [4.69, 9.17) is 9.47 Å². The molecule has 7 nitrogen and oxygen atoms in total. The second-order valence-corrected chi connectivity index (χ2v) is 9.94. The smallest absolute Gasteiger partial charge is 0.378 e. The zero-order chi connectivity index (χ0) is 28.9. The van der Waals surface area contributed by atoms with Gasteiger partial charge in [0.05, 0.1) is 37.6 Å². The highest BCUT2D eigenvalue weighted by Crippen LogP contribution is 2.48. The largest absolute Gasteiger partial charge is 0.418 e. The molecule has 2 fully saturated rings. The molecule has 40 heavy (non-hydrogen) atoms. The van der Waals surface area contributed by atoms with Gasteiger partial charge in [-0.15, -0.1) is 0 Å². The van der Waals surface area contributed by atoms with Crippen LogP contribution in [0.15, 0.2) is 52.3 Å². The third-order valence-corrected chi connectivity index (χ3v) is 7.16. The number of alkyl halides is 6. The predicted octanol–water partition coefficient (Wildman–Crippen LogP) is 5.61. The van der Waals surface area contributed by atoms with Crippen molar-refractivity contribution in [2.75, 3.05) is 57.9 Å². The molecule has 3 amide bonds. The second-order valence-electron chi connectivity index (χ2n) is 8.83. The van der Waals surface area contributed by atoms with Crippen LogP contribution in [0.5, 0.6) is 0 Å². The Hall–Kier alpha value is -3.23. The van der Waals surface area contributed by atoms with Gasteiger partial charge in [0.2, 0.25) is 5.91 Å². The number of urea groups is 1. The number of rotatable bonds is 5. The lowest BCUT2D eigenvalue weighted by Crippen LogP contribution is -2.43. The highest BCUT2D eigenvalue weighted by Gasteiger charge is 2.46. The Morgan fingerprint density at radius 2 is 1.43 bits per heavy atom. The zero-order valence-corrected chi connectivity index (χ0v) is 21.8. The van der Waals surface area contributed by atoms with Crippen molar-refractivity contribution in [1.82, 2.24) is 9.80 Å². The Balaban J connectivity index is 1.63. The van der Waals surface area contributed by atoms with Gasteiger partial charge >= 0.3 is 18.4 Å². The summed E-state index contributed by atoms with van der Waals surface area (Å²) in [5.41, 5.74) is -4.24. The number of nitrogens with one attached hydrogen (secondary N) is 1. The predicted molar refractivity (Wildman–Crippen MR) is 135 cm³/mol. The summed E-state index contributed by atoms with van der Waals surface area (Å²) < 4.78 is 95.1. The van der Waals surface area contributed by atoms with Crippen LogP contribution in [0.1, 0.15) is 16.7 Å². The maximum absolute atomic E-state index is 14.2. The van der Waals surface area contributed by atoms with Crippen LogP contribution in [0.25, 0.3) is 6.08 Å². The molecule has 14 heteroatoms. The monoisotopic (exact) mass is 589 g/mol. The molecule has 0 saturated carbocycles. The van der Waals surface area contributed by atoms with E-state index in [1.807, 2.05) is 0 Å². The van der Waals surface area contributed by atoms with Gasteiger partial charge in [0.15, 0.2) is 0 Å². The summed E-state index contributed by atoms with van der Waals surface area (Å²) in [4.78, 5) is 27.2. The zero-order valence-electron chi connectivity index (χ0n) is 21.0. The maximum atomic E-state index is 14.2. The molecular weight excluding hydrogens is 564 g/mol. The third-order valence-electron chi connectivity index (χ3n) is 6.11. The molecule has 2 saturated heterocycles. The normalized spacial score (nSPS) is 16.9. The quantitative estimate of drug-likeness (QED) is 0.363. The van der Waals surface area contributed by atoms with Crippen molar-refractivity contribution in [3.05, 3.63) is 59.2 Å². The first-order chi connectivity index (χ1) is 18.9. The minimum absolute atomic E-state index is 0.184. The van der Waals surface area contributed by atoms with Crippen LogP contribution < -0.4 is 5.32 Å². The molecule has 2 aliphatic rings. The Morgan fingerprint density at radius 1 is 0.825 bits per heavy atom. The van der Waals surface area contributed by atoms with Gasteiger partial charge in [-0.25, -0.2) is 4.79 Å². The fraction of sp³-hybridized carbons (Fsp3) is 0.385. The standard InChI is InChI=1S/C26H25F6N3O4S/c27-25(28,29)22-17(5-7-21(36)34-8-12-38-13-9-34)4-6-20(23(22)26(30,31)32)40-19-3-1-2-18(16-19)33-24(37)35-10-14-39-15-11-35/h1-7,16H,8-15H2,(H,33,37). The first-order valence-electron chi connectivity index (χ1n) is 12.2. The van der Waals surface area contributed by atoms with Gasteiger partial charge in [-0.3, -0.25) is 4.79 Å². The highest BCUT2D eigenvalue weighted by molar-refractivity contribution is 7.99. The fourth-order valence-corrected chi connectivity index (χ4v) is 5.24. The van der Waals surface area contributed by atoms with E-state index in [-0.39, 0.29) is 36.9 Å². The molecular formula is C26H25F6N3O4S. The molecule has 0 aliphatic carbocycles. The van der Waals surface area contributed by atoms with Crippen LogP contribution >= 0.6 is 11.8 Å². The van der Waals surface area contributed by atoms with Crippen LogP contribution in [0.4, 0.5) is 36.8 Å². The van der Waals surface area contributed by atoms with Gasteiger partial charge in [0.25, 0.3) is 0 Å². The SMILES string of the molecule is O=C(C=Cc1ccc(Sc2cccc(NC(=O)N3CCOCC3)c2)c(C(F)(F)F)c1C(F)(F)F)N1CCOCC1. The van der Waals surface area contributed by atoms with Crippen LogP contribution in [0.3, 0.4) is 0 Å². The van der Waals surface area contributed by atoms with Crippen molar-refractivity contribution >= 4 is 35.5 Å². The third kappa shape index (κ3) is 7.49. The maximum Gasteiger partial charge on any atom is 0.418 e. The van der Waals surface area contributed by atoms with Crippen LogP contribution in [-0.4, -0.2) is 74.3 Å². The van der Waals surface area contributed by atoms with Gasteiger partial charge in [-0.2, -0.15) is 26.3 Å². The molecule has 2 heterocycles. The molecule has 0 radical (unpaired) electrons. The van der Waals surface area contributed by atoms with E-state index in [1.54, 1.807) is 0 Å². The number of carbonyl (C=O) groups is 2. The number of carbonyl (C=O) groups excluding carboxylic acids is 2. The number of halogens is 6. The number of amides is 3. The number of nitrogens with zero attached hydrogens (tertiary/aromatic N) is 2. The summed E-state index contributed by atoms with van der Waals surface area (Å²) in [6.07, 6.45) is -9.12. The average Bonchev–Trinajstić information content (AvgIpc) is 2.92. The lowest BCUT2D eigenvalue weighted by atomic mass is 9.99. The van der Waals surface area contributed by atoms with Gasteiger partial charge in [0.1, 0.15) is 0 Å². The highest BCUT2D eigenvalue weighted by atomic mass is 32.2. The minimum Gasteiger partial charge on any atom is -0.378 e. The molecule has 4 rings (SSSR count). The lowest BCUT2D eigenvalue weighted by molar-refractivity contribution is -0.163. The molecule has 0 unspecified atom stereocenters. The summed E-state index contributed by atoms with van der Waals surface area (Å²) in [7, 11) is 0. The molecule has 0 atom stereocenters. The van der Waals surface area contributed by atoms with Crippen LogP contribution in [0, 0.1) is 0 Å².